The van der Waals surface area contributed by atoms with E-state index in [2.05, 4.69) is 0 Å². The number of thioether (sulfide) groups is 1. The van der Waals surface area contributed by atoms with Crippen molar-refractivity contribution in [3.8, 4) is 0 Å². The number of benzene rings is 1. The smallest absolute Gasteiger partial charge is 0.335 e. The van der Waals surface area contributed by atoms with Gasteiger partial charge in [-0.15, -0.1) is 11.8 Å². The summed E-state index contributed by atoms with van der Waals surface area (Å²) in [6, 6.07) is 2.21. The van der Waals surface area contributed by atoms with E-state index in [4.69, 9.17) is 10.8 Å². The third-order valence-electron chi connectivity index (χ3n) is 1.52. The van der Waals surface area contributed by atoms with Gasteiger partial charge in [0.05, 0.1) is 10.5 Å². The molecule has 0 spiro atoms. The lowest BCUT2D eigenvalue weighted by Crippen LogP contribution is -2.01. The first-order valence-corrected chi connectivity index (χ1v) is 4.65. The summed E-state index contributed by atoms with van der Waals surface area (Å²) in [4.78, 5) is 10.8. The number of hydrogen-bond acceptors (Lipinski definition) is 3. The molecule has 1 aromatic rings. The van der Waals surface area contributed by atoms with E-state index >= 15 is 0 Å². The lowest BCUT2D eigenvalue weighted by Gasteiger charge is -2.04. The highest BCUT2D eigenvalue weighted by molar-refractivity contribution is 7.98. The minimum absolute atomic E-state index is 0.132. The third-order valence-corrected chi connectivity index (χ3v) is 2.36. The van der Waals surface area contributed by atoms with Gasteiger partial charge >= 0.3 is 5.97 Å². The summed E-state index contributed by atoms with van der Waals surface area (Å²) in [7, 11) is 0. The Morgan fingerprint density at radius 2 is 2.23 bits per heavy atom. The molecule has 0 unspecified atom stereocenters. The lowest BCUT2D eigenvalue weighted by molar-refractivity contribution is 0.0696. The quantitative estimate of drug-likeness (QED) is 0.566. The second-order valence-electron chi connectivity index (χ2n) is 2.39. The minimum Gasteiger partial charge on any atom is -0.478 e. The number of nitrogen functional groups attached to an aromatic ring is 1. The van der Waals surface area contributed by atoms with E-state index in [1.807, 2.05) is 0 Å². The summed E-state index contributed by atoms with van der Waals surface area (Å²) in [6.07, 6.45) is 1.68. The maximum atomic E-state index is 13.1. The Hall–Kier alpha value is -1.23. The fraction of sp³-hybridized carbons (Fsp3) is 0.125. The minimum atomic E-state index is -1.18. The van der Waals surface area contributed by atoms with Gasteiger partial charge in [0.15, 0.2) is 0 Å². The molecule has 0 saturated heterocycles. The summed E-state index contributed by atoms with van der Waals surface area (Å²) < 4.78 is 13.1. The predicted octanol–water partition coefficient (Wildman–Crippen LogP) is 1.83. The Morgan fingerprint density at radius 1 is 1.62 bits per heavy atom. The van der Waals surface area contributed by atoms with Gasteiger partial charge in [-0.1, -0.05) is 0 Å². The maximum Gasteiger partial charge on any atom is 0.335 e. The van der Waals surface area contributed by atoms with Gasteiger partial charge < -0.3 is 10.8 Å². The molecule has 0 aliphatic heterocycles. The number of halogens is 1. The average molecular weight is 201 g/mol. The number of aromatic carboxylic acids is 1. The van der Waals surface area contributed by atoms with Crippen LogP contribution >= 0.6 is 11.8 Å². The summed E-state index contributed by atoms with van der Waals surface area (Å²) >= 11 is 1.15. The molecule has 3 N–H and O–H groups in total. The molecule has 0 radical (unpaired) electrons. The highest BCUT2D eigenvalue weighted by Gasteiger charge is 2.11. The van der Waals surface area contributed by atoms with Crippen LogP contribution in [0.25, 0.3) is 0 Å². The SMILES string of the molecule is CSc1c(N)cc(C(=O)O)cc1F. The van der Waals surface area contributed by atoms with Gasteiger partial charge in [0.1, 0.15) is 5.82 Å². The molecular formula is C8H8FNO2S. The molecule has 0 aromatic heterocycles. The molecule has 70 valence electrons. The van der Waals surface area contributed by atoms with Crippen molar-refractivity contribution in [2.75, 3.05) is 12.0 Å². The molecule has 3 nitrogen and oxygen atoms in total. The second kappa shape index (κ2) is 3.66. The zero-order valence-corrected chi connectivity index (χ0v) is 7.69. The highest BCUT2D eigenvalue weighted by atomic mass is 32.2. The van der Waals surface area contributed by atoms with Gasteiger partial charge in [0.25, 0.3) is 0 Å². The molecule has 0 amide bonds. The van der Waals surface area contributed by atoms with Crippen LogP contribution in [-0.2, 0) is 0 Å². The molecule has 0 aliphatic rings. The molecule has 13 heavy (non-hydrogen) atoms. The molecule has 0 bridgehead atoms. The Morgan fingerprint density at radius 3 is 2.62 bits per heavy atom. The maximum absolute atomic E-state index is 13.1. The summed E-state index contributed by atoms with van der Waals surface area (Å²) in [5.41, 5.74) is 5.47. The molecule has 1 rings (SSSR count). The van der Waals surface area contributed by atoms with Crippen molar-refractivity contribution in [1.29, 1.82) is 0 Å². The number of nitrogens with two attached hydrogens (primary N) is 1. The van der Waals surface area contributed by atoms with Crippen molar-refractivity contribution in [3.05, 3.63) is 23.5 Å². The summed E-state index contributed by atoms with van der Waals surface area (Å²) in [5, 5.41) is 8.57. The Labute approximate surface area is 78.7 Å². The molecule has 5 heteroatoms. The van der Waals surface area contributed by atoms with Crippen molar-refractivity contribution in [2.45, 2.75) is 4.90 Å². The number of carboxylic acids is 1. The van der Waals surface area contributed by atoms with Gasteiger partial charge in [0, 0.05) is 5.69 Å². The normalized spacial score (nSPS) is 10.0. The van der Waals surface area contributed by atoms with E-state index < -0.39 is 11.8 Å². The van der Waals surface area contributed by atoms with Crippen LogP contribution in [0.1, 0.15) is 10.4 Å². The van der Waals surface area contributed by atoms with Gasteiger partial charge in [0.2, 0.25) is 0 Å². The second-order valence-corrected chi connectivity index (χ2v) is 3.20. The van der Waals surface area contributed by atoms with Crippen molar-refractivity contribution in [2.24, 2.45) is 0 Å². The van der Waals surface area contributed by atoms with Crippen LogP contribution in [0.15, 0.2) is 17.0 Å². The van der Waals surface area contributed by atoms with Crippen LogP contribution in [0.5, 0.6) is 0 Å². The van der Waals surface area contributed by atoms with Crippen LogP contribution < -0.4 is 5.73 Å². The van der Waals surface area contributed by atoms with Crippen LogP contribution in [0, 0.1) is 5.82 Å². The van der Waals surface area contributed by atoms with Gasteiger partial charge in [-0.2, -0.15) is 0 Å². The van der Waals surface area contributed by atoms with E-state index in [0.29, 0.717) is 0 Å². The number of rotatable bonds is 2. The molecule has 1 aromatic carbocycles. The van der Waals surface area contributed by atoms with Crippen molar-refractivity contribution in [3.63, 3.8) is 0 Å². The monoisotopic (exact) mass is 201 g/mol. The number of carboxylic acid groups (broad SMARTS) is 1. The van der Waals surface area contributed by atoms with Crippen LogP contribution in [-0.4, -0.2) is 17.3 Å². The van der Waals surface area contributed by atoms with Gasteiger partial charge in [-0.05, 0) is 18.4 Å². The Kier molecular flexibility index (Phi) is 2.77. The van der Waals surface area contributed by atoms with Gasteiger partial charge in [-0.3, -0.25) is 0 Å². The van der Waals surface area contributed by atoms with E-state index in [-0.39, 0.29) is 16.1 Å². The Balaban J connectivity index is 3.28. The molecule has 0 aliphatic carbocycles. The van der Waals surface area contributed by atoms with E-state index in [1.54, 1.807) is 6.26 Å². The first kappa shape index (κ1) is 9.85. The molecule has 0 fully saturated rings. The first-order valence-electron chi connectivity index (χ1n) is 3.42. The number of carbonyl (C=O) groups is 1. The van der Waals surface area contributed by atoms with Gasteiger partial charge in [-0.25, -0.2) is 9.18 Å². The average Bonchev–Trinajstić information content (AvgIpc) is 2.03. The molecule has 0 saturated carbocycles. The van der Waals surface area contributed by atoms with E-state index in [1.165, 1.54) is 6.07 Å². The van der Waals surface area contributed by atoms with E-state index in [9.17, 15) is 9.18 Å². The fourth-order valence-corrected chi connectivity index (χ4v) is 1.50. The predicted molar refractivity (Wildman–Crippen MR) is 49.6 cm³/mol. The molecule has 0 atom stereocenters. The van der Waals surface area contributed by atoms with Crippen LogP contribution in [0.4, 0.5) is 10.1 Å². The zero-order chi connectivity index (χ0) is 10.0. The van der Waals surface area contributed by atoms with Crippen molar-refractivity contribution < 1.29 is 14.3 Å². The number of hydrogen-bond donors (Lipinski definition) is 2. The highest BCUT2D eigenvalue weighted by Crippen LogP contribution is 2.27. The number of anilines is 1. The Bertz CT molecular complexity index is 331. The van der Waals surface area contributed by atoms with Crippen LogP contribution in [0.2, 0.25) is 0 Å². The first-order chi connectivity index (χ1) is 6.06. The van der Waals surface area contributed by atoms with Crippen molar-refractivity contribution in [1.82, 2.24) is 0 Å². The molecule has 0 heterocycles. The largest absolute Gasteiger partial charge is 0.478 e. The summed E-state index contributed by atoms with van der Waals surface area (Å²) in [6.45, 7) is 0. The summed E-state index contributed by atoms with van der Waals surface area (Å²) in [5.74, 6) is -1.77. The lowest BCUT2D eigenvalue weighted by atomic mass is 10.2. The van der Waals surface area contributed by atoms with Crippen molar-refractivity contribution >= 4 is 23.4 Å². The standard InChI is InChI=1S/C8H8FNO2S/c1-13-7-5(9)2-4(8(11)12)3-6(7)10/h2-3H,10H2,1H3,(H,11,12). The zero-order valence-electron chi connectivity index (χ0n) is 6.87. The van der Waals surface area contributed by atoms with Crippen LogP contribution in [0.3, 0.4) is 0 Å². The fourth-order valence-electron chi connectivity index (χ4n) is 0.954. The third kappa shape index (κ3) is 1.92. The topological polar surface area (TPSA) is 63.3 Å². The molecular weight excluding hydrogens is 193 g/mol. The van der Waals surface area contributed by atoms with E-state index in [0.717, 1.165) is 17.8 Å².